The van der Waals surface area contributed by atoms with Crippen molar-refractivity contribution in [3.05, 3.63) is 17.5 Å². The van der Waals surface area contributed by atoms with Gasteiger partial charge in [-0.3, -0.25) is 9.58 Å². The second kappa shape index (κ2) is 6.71. The van der Waals surface area contributed by atoms with Crippen molar-refractivity contribution in [3.8, 4) is 0 Å². The monoisotopic (exact) mass is 313 g/mol. The Balaban J connectivity index is 2.07. The van der Waals surface area contributed by atoms with Gasteiger partial charge in [-0.25, -0.2) is 0 Å². The Kier molecular flexibility index (Phi) is 5.25. The first-order chi connectivity index (χ1) is 8.74. The lowest BCUT2D eigenvalue weighted by molar-refractivity contribution is 0.204. The molecule has 4 heteroatoms. The van der Waals surface area contributed by atoms with E-state index in [9.17, 15) is 0 Å². The first kappa shape index (κ1) is 14.1. The van der Waals surface area contributed by atoms with E-state index in [2.05, 4.69) is 50.6 Å². The Morgan fingerprint density at radius 1 is 1.39 bits per heavy atom. The fourth-order valence-corrected chi connectivity index (χ4v) is 3.45. The molecule has 1 aliphatic heterocycles. The van der Waals surface area contributed by atoms with Crippen molar-refractivity contribution in [2.24, 2.45) is 7.05 Å². The molecule has 1 aromatic heterocycles. The summed E-state index contributed by atoms with van der Waals surface area (Å²) in [6.45, 7) is 4.43. The number of nitrogens with zero attached hydrogens (tertiary/aromatic N) is 3. The number of rotatable bonds is 4. The predicted octanol–water partition coefficient (Wildman–Crippen LogP) is 3.12. The van der Waals surface area contributed by atoms with Gasteiger partial charge < -0.3 is 0 Å². The molecule has 0 amide bonds. The lowest BCUT2D eigenvalue weighted by Gasteiger charge is -2.28. The van der Waals surface area contributed by atoms with E-state index in [1.54, 1.807) is 0 Å². The van der Waals surface area contributed by atoms with Crippen LogP contribution >= 0.6 is 15.9 Å². The summed E-state index contributed by atoms with van der Waals surface area (Å²) in [5.41, 5.74) is 2.55. The number of aromatic nitrogens is 2. The fraction of sp³-hybridized carbons (Fsp3) is 0.786. The molecule has 0 saturated carbocycles. The van der Waals surface area contributed by atoms with Crippen LogP contribution in [0.2, 0.25) is 0 Å². The van der Waals surface area contributed by atoms with Gasteiger partial charge in [-0.05, 0) is 31.9 Å². The molecule has 0 bridgehead atoms. The summed E-state index contributed by atoms with van der Waals surface area (Å²) < 4.78 is 2.05. The summed E-state index contributed by atoms with van der Waals surface area (Å²) in [5, 5.41) is 5.64. The summed E-state index contributed by atoms with van der Waals surface area (Å²) in [6.07, 6.45) is 6.44. The molecule has 3 nitrogen and oxygen atoms in total. The molecule has 1 saturated heterocycles. The zero-order chi connectivity index (χ0) is 13.0. The van der Waals surface area contributed by atoms with Crippen LogP contribution in [-0.2, 0) is 20.0 Å². The minimum Gasteiger partial charge on any atom is -0.294 e. The van der Waals surface area contributed by atoms with E-state index in [-0.39, 0.29) is 0 Å². The molecule has 1 aromatic rings. The maximum Gasteiger partial charge on any atom is 0.0625 e. The number of likely N-dealkylation sites (tertiary alicyclic amines) is 1. The molecule has 2 heterocycles. The van der Waals surface area contributed by atoms with Gasteiger partial charge in [-0.2, -0.15) is 5.10 Å². The Labute approximate surface area is 119 Å². The molecule has 0 N–H and O–H groups in total. The second-order valence-electron chi connectivity index (χ2n) is 5.23. The SMILES string of the molecule is CCc1cc(CN2CCCCCC2CBr)n(C)n1. The highest BCUT2D eigenvalue weighted by molar-refractivity contribution is 9.09. The van der Waals surface area contributed by atoms with E-state index >= 15 is 0 Å². The third kappa shape index (κ3) is 3.35. The van der Waals surface area contributed by atoms with E-state index in [4.69, 9.17) is 0 Å². The molecular weight excluding hydrogens is 290 g/mol. The number of alkyl halides is 1. The van der Waals surface area contributed by atoms with Crippen LogP contribution < -0.4 is 0 Å². The maximum absolute atomic E-state index is 4.55. The number of aryl methyl sites for hydroxylation is 2. The van der Waals surface area contributed by atoms with Gasteiger partial charge in [-0.15, -0.1) is 0 Å². The number of hydrogen-bond acceptors (Lipinski definition) is 2. The van der Waals surface area contributed by atoms with Gasteiger partial charge in [-0.1, -0.05) is 35.7 Å². The van der Waals surface area contributed by atoms with E-state index in [1.165, 1.54) is 43.6 Å². The molecule has 1 atom stereocenters. The van der Waals surface area contributed by atoms with Crippen molar-refractivity contribution in [2.45, 2.75) is 51.6 Å². The van der Waals surface area contributed by atoms with Crippen LogP contribution in [0, 0.1) is 0 Å². The first-order valence-electron chi connectivity index (χ1n) is 7.06. The van der Waals surface area contributed by atoms with Crippen molar-refractivity contribution in [2.75, 3.05) is 11.9 Å². The Morgan fingerprint density at radius 2 is 2.22 bits per heavy atom. The van der Waals surface area contributed by atoms with Crippen molar-refractivity contribution in [1.82, 2.24) is 14.7 Å². The second-order valence-corrected chi connectivity index (χ2v) is 5.88. The zero-order valence-electron chi connectivity index (χ0n) is 11.5. The van der Waals surface area contributed by atoms with Gasteiger partial charge in [0.2, 0.25) is 0 Å². The van der Waals surface area contributed by atoms with Crippen LogP contribution in [-0.4, -0.2) is 32.6 Å². The Hall–Kier alpha value is -0.350. The van der Waals surface area contributed by atoms with Crippen LogP contribution in [0.3, 0.4) is 0 Å². The van der Waals surface area contributed by atoms with Gasteiger partial charge in [0, 0.05) is 25.0 Å². The van der Waals surface area contributed by atoms with E-state index in [0.717, 1.165) is 18.3 Å². The minimum absolute atomic E-state index is 0.687. The van der Waals surface area contributed by atoms with Crippen LogP contribution in [0.25, 0.3) is 0 Å². The van der Waals surface area contributed by atoms with Gasteiger partial charge in [0.15, 0.2) is 0 Å². The van der Waals surface area contributed by atoms with Crippen molar-refractivity contribution in [3.63, 3.8) is 0 Å². The van der Waals surface area contributed by atoms with Crippen molar-refractivity contribution < 1.29 is 0 Å². The Bertz CT molecular complexity index is 375. The van der Waals surface area contributed by atoms with Crippen LogP contribution in [0.15, 0.2) is 6.07 Å². The zero-order valence-corrected chi connectivity index (χ0v) is 13.1. The standard InChI is InChI=1S/C14H24BrN3/c1-3-12-9-14(17(2)16-12)11-18-8-6-4-5-7-13(18)10-15/h9,13H,3-8,10-11H2,1-2H3. The minimum atomic E-state index is 0.687. The van der Waals surface area contributed by atoms with Gasteiger partial charge >= 0.3 is 0 Å². The molecule has 0 spiro atoms. The first-order valence-corrected chi connectivity index (χ1v) is 8.18. The highest BCUT2D eigenvalue weighted by atomic mass is 79.9. The predicted molar refractivity (Wildman–Crippen MR) is 79.0 cm³/mol. The number of halogens is 1. The van der Waals surface area contributed by atoms with Gasteiger partial charge in [0.1, 0.15) is 0 Å². The molecule has 1 aliphatic rings. The molecule has 1 fully saturated rings. The highest BCUT2D eigenvalue weighted by Crippen LogP contribution is 2.20. The third-order valence-electron chi connectivity index (χ3n) is 3.93. The maximum atomic E-state index is 4.55. The van der Waals surface area contributed by atoms with Crippen LogP contribution in [0.5, 0.6) is 0 Å². The third-order valence-corrected chi connectivity index (χ3v) is 4.68. The Morgan fingerprint density at radius 3 is 2.89 bits per heavy atom. The summed E-state index contributed by atoms with van der Waals surface area (Å²) in [7, 11) is 2.06. The molecule has 0 radical (unpaired) electrons. The summed E-state index contributed by atoms with van der Waals surface area (Å²) in [4.78, 5) is 2.62. The van der Waals surface area contributed by atoms with E-state index in [1.807, 2.05) is 0 Å². The fourth-order valence-electron chi connectivity index (χ4n) is 2.72. The molecule has 102 valence electrons. The molecule has 0 aromatic carbocycles. The molecule has 2 rings (SSSR count). The number of hydrogen-bond donors (Lipinski definition) is 0. The lowest BCUT2D eigenvalue weighted by atomic mass is 10.1. The lowest BCUT2D eigenvalue weighted by Crippen LogP contribution is -2.36. The molecule has 18 heavy (non-hydrogen) atoms. The summed E-state index contributed by atoms with van der Waals surface area (Å²) in [6, 6.07) is 2.95. The van der Waals surface area contributed by atoms with E-state index in [0.29, 0.717) is 6.04 Å². The van der Waals surface area contributed by atoms with Crippen molar-refractivity contribution in [1.29, 1.82) is 0 Å². The van der Waals surface area contributed by atoms with Crippen molar-refractivity contribution >= 4 is 15.9 Å². The van der Waals surface area contributed by atoms with Crippen LogP contribution in [0.1, 0.15) is 44.0 Å². The molecule has 1 unspecified atom stereocenters. The van der Waals surface area contributed by atoms with Crippen LogP contribution in [0.4, 0.5) is 0 Å². The summed E-state index contributed by atoms with van der Waals surface area (Å²) >= 11 is 3.67. The average molecular weight is 314 g/mol. The quantitative estimate of drug-likeness (QED) is 0.796. The van der Waals surface area contributed by atoms with E-state index < -0.39 is 0 Å². The topological polar surface area (TPSA) is 21.1 Å². The highest BCUT2D eigenvalue weighted by Gasteiger charge is 2.21. The average Bonchev–Trinajstić information content (AvgIpc) is 2.60. The molecule has 0 aliphatic carbocycles. The summed E-state index contributed by atoms with van der Waals surface area (Å²) in [5.74, 6) is 0. The largest absolute Gasteiger partial charge is 0.294 e. The molecular formula is C14H24BrN3. The smallest absolute Gasteiger partial charge is 0.0625 e. The van der Waals surface area contributed by atoms with Gasteiger partial charge in [0.25, 0.3) is 0 Å². The normalized spacial score (nSPS) is 22.1. The van der Waals surface area contributed by atoms with Gasteiger partial charge in [0.05, 0.1) is 11.4 Å².